The predicted molar refractivity (Wildman–Crippen MR) is 104 cm³/mol. The molecular weight excluding hydrogens is 358 g/mol. The fourth-order valence-electron chi connectivity index (χ4n) is 3.96. The van der Waals surface area contributed by atoms with Crippen molar-refractivity contribution in [1.29, 1.82) is 0 Å². The number of carbonyl (C=O) groups is 1. The minimum Gasteiger partial charge on any atom is -0.493 e. The molecule has 0 bridgehead atoms. The number of benzene rings is 1. The number of aromatic nitrogens is 2. The number of ether oxygens (including phenoxy) is 2. The Balaban J connectivity index is 1.73. The van der Waals surface area contributed by atoms with Crippen molar-refractivity contribution in [3.05, 3.63) is 46.8 Å². The maximum Gasteiger partial charge on any atom is 0.258 e. The van der Waals surface area contributed by atoms with Crippen molar-refractivity contribution < 1.29 is 18.8 Å². The molecule has 1 saturated heterocycles. The van der Waals surface area contributed by atoms with Gasteiger partial charge in [-0.15, -0.1) is 0 Å². The van der Waals surface area contributed by atoms with E-state index in [1.54, 1.807) is 14.2 Å². The van der Waals surface area contributed by atoms with Crippen LogP contribution in [0.1, 0.15) is 46.2 Å². The topological polar surface area (TPSA) is 77.7 Å². The third-order valence-electron chi connectivity index (χ3n) is 5.28. The molecule has 2 aromatic heterocycles. The van der Waals surface area contributed by atoms with Gasteiger partial charge in [0.1, 0.15) is 0 Å². The van der Waals surface area contributed by atoms with Gasteiger partial charge in [0.05, 0.1) is 36.9 Å². The van der Waals surface area contributed by atoms with E-state index in [-0.39, 0.29) is 11.9 Å². The number of methoxy groups -OCH3 is 2. The number of rotatable bonds is 4. The monoisotopic (exact) mass is 381 g/mol. The number of amides is 1. The Morgan fingerprint density at radius 2 is 1.96 bits per heavy atom. The van der Waals surface area contributed by atoms with Crippen LogP contribution in [0.2, 0.25) is 0 Å². The van der Waals surface area contributed by atoms with Gasteiger partial charge in [-0.1, -0.05) is 11.2 Å². The van der Waals surface area contributed by atoms with Crippen LogP contribution in [0.5, 0.6) is 11.5 Å². The van der Waals surface area contributed by atoms with Crippen LogP contribution in [0.4, 0.5) is 0 Å². The van der Waals surface area contributed by atoms with E-state index in [0.717, 1.165) is 24.1 Å². The van der Waals surface area contributed by atoms with Gasteiger partial charge < -0.3 is 18.9 Å². The van der Waals surface area contributed by atoms with Crippen LogP contribution < -0.4 is 9.47 Å². The van der Waals surface area contributed by atoms with Gasteiger partial charge >= 0.3 is 0 Å². The summed E-state index contributed by atoms with van der Waals surface area (Å²) in [6, 6.07) is 7.63. The largest absolute Gasteiger partial charge is 0.493 e. The molecule has 0 N–H and O–H groups in total. The van der Waals surface area contributed by atoms with Crippen LogP contribution in [-0.4, -0.2) is 41.7 Å². The van der Waals surface area contributed by atoms with Crippen LogP contribution in [-0.2, 0) is 0 Å². The van der Waals surface area contributed by atoms with Gasteiger partial charge in [-0.2, -0.15) is 0 Å². The lowest BCUT2D eigenvalue weighted by Crippen LogP contribution is -2.31. The Morgan fingerprint density at radius 1 is 1.18 bits per heavy atom. The van der Waals surface area contributed by atoms with Gasteiger partial charge in [0.25, 0.3) is 11.6 Å². The normalized spacial score (nSPS) is 16.6. The number of carbonyl (C=O) groups excluding carboxylic acids is 1. The number of nitrogens with zero attached hydrogens (tertiary/aromatic N) is 3. The number of hydrogen-bond donors (Lipinski definition) is 0. The van der Waals surface area contributed by atoms with E-state index in [9.17, 15) is 4.79 Å². The average molecular weight is 381 g/mol. The van der Waals surface area contributed by atoms with Gasteiger partial charge in [-0.3, -0.25) is 4.79 Å². The fourth-order valence-corrected chi connectivity index (χ4v) is 3.96. The minimum absolute atomic E-state index is 0.0176. The van der Waals surface area contributed by atoms with Gasteiger partial charge in [0.15, 0.2) is 11.5 Å². The predicted octanol–water partition coefficient (Wildman–Crippen LogP) is 3.83. The van der Waals surface area contributed by atoms with Crippen molar-refractivity contribution >= 4 is 17.0 Å². The third kappa shape index (κ3) is 2.96. The lowest BCUT2D eigenvalue weighted by molar-refractivity contribution is 0.0737. The average Bonchev–Trinajstić information content (AvgIpc) is 3.33. The van der Waals surface area contributed by atoms with E-state index < -0.39 is 0 Å². The van der Waals surface area contributed by atoms with E-state index in [4.69, 9.17) is 14.0 Å². The number of pyridine rings is 1. The molecule has 7 heteroatoms. The molecule has 28 heavy (non-hydrogen) atoms. The molecule has 7 nitrogen and oxygen atoms in total. The van der Waals surface area contributed by atoms with E-state index in [0.29, 0.717) is 40.4 Å². The molecule has 1 fully saturated rings. The van der Waals surface area contributed by atoms with E-state index in [2.05, 4.69) is 10.1 Å². The molecule has 3 aromatic rings. The number of fused-ring (bicyclic) bond motifs is 1. The molecule has 0 saturated carbocycles. The summed E-state index contributed by atoms with van der Waals surface area (Å²) in [5.41, 5.74) is 3.44. The molecule has 1 unspecified atom stereocenters. The fraction of sp³-hybridized carbons (Fsp3) is 0.381. The van der Waals surface area contributed by atoms with Crippen molar-refractivity contribution in [2.75, 3.05) is 20.8 Å². The Hall–Kier alpha value is -3.09. The highest BCUT2D eigenvalue weighted by atomic mass is 16.5. The molecule has 1 aliphatic rings. The van der Waals surface area contributed by atoms with Gasteiger partial charge in [0.2, 0.25) is 0 Å². The first-order valence-electron chi connectivity index (χ1n) is 9.30. The summed E-state index contributed by atoms with van der Waals surface area (Å²) in [6.45, 7) is 4.38. The lowest BCUT2D eigenvalue weighted by atomic mass is 10.0. The van der Waals surface area contributed by atoms with Crippen LogP contribution in [0, 0.1) is 13.8 Å². The van der Waals surface area contributed by atoms with Gasteiger partial charge in [-0.25, -0.2) is 4.98 Å². The molecule has 0 radical (unpaired) electrons. The summed E-state index contributed by atoms with van der Waals surface area (Å²) in [7, 11) is 3.23. The standard InChI is InChI=1S/C21H23N3O4/c1-12-10-15(19-13(2)23-28-20(19)22-12)21(25)24-9-5-6-16(24)14-7-8-17(26-3)18(11-14)27-4/h7-8,10-11,16H,5-6,9H2,1-4H3. The SMILES string of the molecule is COc1ccc(C2CCCN2C(=O)c2cc(C)nc3onc(C)c23)cc1OC. The zero-order chi connectivity index (χ0) is 19.8. The van der Waals surface area contributed by atoms with Crippen molar-refractivity contribution in [1.82, 2.24) is 15.0 Å². The van der Waals surface area contributed by atoms with Crippen molar-refractivity contribution in [2.45, 2.75) is 32.7 Å². The van der Waals surface area contributed by atoms with Gasteiger partial charge in [-0.05, 0) is 50.5 Å². The molecule has 3 heterocycles. The van der Waals surface area contributed by atoms with Crippen molar-refractivity contribution in [3.63, 3.8) is 0 Å². The molecule has 0 aliphatic carbocycles. The summed E-state index contributed by atoms with van der Waals surface area (Å²) in [5, 5.41) is 4.68. The molecule has 1 aromatic carbocycles. The second-order valence-corrected chi connectivity index (χ2v) is 7.03. The second-order valence-electron chi connectivity index (χ2n) is 7.03. The van der Waals surface area contributed by atoms with Gasteiger partial charge in [0, 0.05) is 12.2 Å². The molecule has 4 rings (SSSR count). The Bertz CT molecular complexity index is 1040. The molecule has 146 valence electrons. The molecule has 0 spiro atoms. The van der Waals surface area contributed by atoms with Crippen LogP contribution in [0.15, 0.2) is 28.8 Å². The van der Waals surface area contributed by atoms with Crippen molar-refractivity contribution in [2.24, 2.45) is 0 Å². The molecular formula is C21H23N3O4. The van der Waals surface area contributed by atoms with Crippen LogP contribution >= 0.6 is 0 Å². The number of aryl methyl sites for hydroxylation is 2. The van der Waals surface area contributed by atoms with E-state index in [1.165, 1.54) is 0 Å². The summed E-state index contributed by atoms with van der Waals surface area (Å²) in [5.74, 6) is 1.31. The van der Waals surface area contributed by atoms with Crippen LogP contribution in [0.25, 0.3) is 11.1 Å². The highest BCUT2D eigenvalue weighted by Crippen LogP contribution is 2.38. The van der Waals surface area contributed by atoms with E-state index >= 15 is 0 Å². The highest BCUT2D eigenvalue weighted by Gasteiger charge is 2.33. The Kier molecular flexibility index (Phi) is 4.66. The smallest absolute Gasteiger partial charge is 0.258 e. The minimum atomic E-state index is -0.0286. The quantitative estimate of drug-likeness (QED) is 0.683. The summed E-state index contributed by atoms with van der Waals surface area (Å²) in [6.07, 6.45) is 1.84. The summed E-state index contributed by atoms with van der Waals surface area (Å²) in [4.78, 5) is 19.8. The van der Waals surface area contributed by atoms with E-state index in [1.807, 2.05) is 43.0 Å². The first-order valence-corrected chi connectivity index (χ1v) is 9.30. The molecule has 1 amide bonds. The summed E-state index contributed by atoms with van der Waals surface area (Å²) < 4.78 is 16.1. The Labute approximate surface area is 163 Å². The first kappa shape index (κ1) is 18.3. The highest BCUT2D eigenvalue weighted by molar-refractivity contribution is 6.06. The Morgan fingerprint density at radius 3 is 2.71 bits per heavy atom. The van der Waals surface area contributed by atoms with Crippen molar-refractivity contribution in [3.8, 4) is 11.5 Å². The number of likely N-dealkylation sites (tertiary alicyclic amines) is 1. The maximum absolute atomic E-state index is 13.5. The molecule has 1 atom stereocenters. The zero-order valence-corrected chi connectivity index (χ0v) is 16.5. The molecule has 1 aliphatic heterocycles. The third-order valence-corrected chi connectivity index (χ3v) is 5.28. The zero-order valence-electron chi connectivity index (χ0n) is 16.5. The van der Waals surface area contributed by atoms with Crippen LogP contribution in [0.3, 0.4) is 0 Å². The second kappa shape index (κ2) is 7.14. The maximum atomic E-state index is 13.5. The number of hydrogen-bond acceptors (Lipinski definition) is 6. The summed E-state index contributed by atoms with van der Waals surface area (Å²) >= 11 is 0. The first-order chi connectivity index (χ1) is 13.5. The lowest BCUT2D eigenvalue weighted by Gasteiger charge is -2.26.